The summed E-state index contributed by atoms with van der Waals surface area (Å²) in [6, 6.07) is 7.15. The van der Waals surface area contributed by atoms with Gasteiger partial charge in [0.05, 0.1) is 0 Å². The van der Waals surface area contributed by atoms with Crippen molar-refractivity contribution in [1.82, 2.24) is 4.98 Å². The van der Waals surface area contributed by atoms with E-state index in [2.05, 4.69) is 4.98 Å². The third-order valence-electron chi connectivity index (χ3n) is 2.92. The van der Waals surface area contributed by atoms with E-state index >= 15 is 0 Å². The second kappa shape index (κ2) is 6.24. The third-order valence-corrected chi connectivity index (χ3v) is 3.51. The topological polar surface area (TPSA) is 64.9 Å². The second-order valence-corrected chi connectivity index (χ2v) is 5.32. The predicted octanol–water partition coefficient (Wildman–Crippen LogP) is 3.08. The van der Waals surface area contributed by atoms with Crippen LogP contribution < -0.4 is 11.5 Å². The first-order chi connectivity index (χ1) is 9.06. The van der Waals surface area contributed by atoms with Gasteiger partial charge < -0.3 is 11.5 Å². The van der Waals surface area contributed by atoms with Crippen molar-refractivity contribution < 1.29 is 0 Å². The van der Waals surface area contributed by atoms with Crippen LogP contribution in [0.2, 0.25) is 10.0 Å². The standard InChI is InChI=1S/C14H15Cl2N3/c15-11-2-1-9(13(16)7-11)5-12(17)6-10-8-19-4-3-14(10)18/h1-4,7-8,12H,5-6,17H2,(H2,18,19). The molecule has 2 rings (SSSR count). The molecule has 0 amide bonds. The lowest BCUT2D eigenvalue weighted by Crippen LogP contribution is -2.26. The van der Waals surface area contributed by atoms with Crippen molar-refractivity contribution in [1.29, 1.82) is 0 Å². The Morgan fingerprint density at radius 1 is 1.11 bits per heavy atom. The van der Waals surface area contributed by atoms with Crippen molar-refractivity contribution in [2.75, 3.05) is 5.73 Å². The molecule has 2 aromatic rings. The quantitative estimate of drug-likeness (QED) is 0.911. The minimum Gasteiger partial charge on any atom is -0.398 e. The Labute approximate surface area is 122 Å². The highest BCUT2D eigenvalue weighted by Gasteiger charge is 2.10. The third kappa shape index (κ3) is 3.83. The van der Waals surface area contributed by atoms with E-state index in [9.17, 15) is 0 Å². The van der Waals surface area contributed by atoms with Crippen LogP contribution in [0.25, 0.3) is 0 Å². The first-order valence-electron chi connectivity index (χ1n) is 5.94. The SMILES string of the molecule is Nc1ccncc1CC(N)Cc1ccc(Cl)cc1Cl. The highest BCUT2D eigenvalue weighted by atomic mass is 35.5. The molecule has 0 fully saturated rings. The van der Waals surface area contributed by atoms with Gasteiger partial charge in [-0.15, -0.1) is 0 Å². The van der Waals surface area contributed by atoms with Crippen LogP contribution >= 0.6 is 23.2 Å². The first kappa shape index (κ1) is 14.1. The minimum absolute atomic E-state index is 0.0647. The molecule has 19 heavy (non-hydrogen) atoms. The number of aromatic nitrogens is 1. The number of anilines is 1. The van der Waals surface area contributed by atoms with Crippen molar-refractivity contribution in [3.63, 3.8) is 0 Å². The van der Waals surface area contributed by atoms with Gasteiger partial charge in [-0.1, -0.05) is 29.3 Å². The number of nitrogens with zero attached hydrogens (tertiary/aromatic N) is 1. The number of hydrogen-bond acceptors (Lipinski definition) is 3. The van der Waals surface area contributed by atoms with E-state index in [4.69, 9.17) is 34.7 Å². The maximum absolute atomic E-state index is 6.14. The van der Waals surface area contributed by atoms with Gasteiger partial charge in [0.2, 0.25) is 0 Å². The highest BCUT2D eigenvalue weighted by molar-refractivity contribution is 6.35. The summed E-state index contributed by atoms with van der Waals surface area (Å²) in [4.78, 5) is 4.06. The van der Waals surface area contributed by atoms with E-state index in [0.29, 0.717) is 28.6 Å². The summed E-state index contributed by atoms with van der Waals surface area (Å²) in [6.07, 6.45) is 4.75. The summed E-state index contributed by atoms with van der Waals surface area (Å²) >= 11 is 12.0. The van der Waals surface area contributed by atoms with Gasteiger partial charge in [-0.3, -0.25) is 4.98 Å². The molecular weight excluding hydrogens is 281 g/mol. The first-order valence-corrected chi connectivity index (χ1v) is 6.69. The normalized spacial score (nSPS) is 12.4. The molecule has 0 aliphatic heterocycles. The smallest absolute Gasteiger partial charge is 0.0453 e. The van der Waals surface area contributed by atoms with E-state index < -0.39 is 0 Å². The lowest BCUT2D eigenvalue weighted by molar-refractivity contribution is 0.664. The molecule has 5 heteroatoms. The molecule has 0 radical (unpaired) electrons. The van der Waals surface area contributed by atoms with Crippen molar-refractivity contribution in [3.05, 3.63) is 57.8 Å². The van der Waals surface area contributed by atoms with Crippen molar-refractivity contribution in [2.45, 2.75) is 18.9 Å². The summed E-state index contributed by atoms with van der Waals surface area (Å²) in [5.41, 5.74) is 14.7. The molecule has 0 bridgehead atoms. The average Bonchev–Trinajstić information content (AvgIpc) is 2.36. The summed E-state index contributed by atoms with van der Waals surface area (Å²) in [6.45, 7) is 0. The number of nitrogen functional groups attached to an aromatic ring is 1. The Hall–Kier alpha value is -1.29. The van der Waals surface area contributed by atoms with Crippen LogP contribution in [-0.4, -0.2) is 11.0 Å². The van der Waals surface area contributed by atoms with Crippen LogP contribution in [-0.2, 0) is 12.8 Å². The van der Waals surface area contributed by atoms with E-state index in [1.54, 1.807) is 24.5 Å². The van der Waals surface area contributed by atoms with Gasteiger partial charge in [-0.2, -0.15) is 0 Å². The van der Waals surface area contributed by atoms with Crippen molar-refractivity contribution >= 4 is 28.9 Å². The van der Waals surface area contributed by atoms with Gasteiger partial charge in [-0.25, -0.2) is 0 Å². The van der Waals surface area contributed by atoms with Crippen LogP contribution in [0.15, 0.2) is 36.7 Å². The number of nitrogens with two attached hydrogens (primary N) is 2. The van der Waals surface area contributed by atoms with Crippen LogP contribution in [0.4, 0.5) is 5.69 Å². The fraction of sp³-hybridized carbons (Fsp3) is 0.214. The zero-order valence-corrected chi connectivity index (χ0v) is 11.8. The van der Waals surface area contributed by atoms with Crippen molar-refractivity contribution in [2.24, 2.45) is 5.73 Å². The molecule has 0 aliphatic rings. The Bertz CT molecular complexity index is 572. The Balaban J connectivity index is 2.05. The molecule has 1 unspecified atom stereocenters. The zero-order valence-electron chi connectivity index (χ0n) is 10.3. The Morgan fingerprint density at radius 3 is 2.53 bits per heavy atom. The number of hydrogen-bond donors (Lipinski definition) is 2. The van der Waals surface area contributed by atoms with Gasteiger partial charge in [0.1, 0.15) is 0 Å². The summed E-state index contributed by atoms with van der Waals surface area (Å²) in [5, 5.41) is 1.26. The fourth-order valence-corrected chi connectivity index (χ4v) is 2.42. The van der Waals surface area contributed by atoms with E-state index in [0.717, 1.165) is 11.1 Å². The van der Waals surface area contributed by atoms with E-state index in [-0.39, 0.29) is 6.04 Å². The zero-order chi connectivity index (χ0) is 13.8. The number of rotatable bonds is 4. The molecule has 0 aliphatic carbocycles. The number of halogens is 2. The molecule has 1 aromatic heterocycles. The maximum atomic E-state index is 6.14. The van der Waals surface area contributed by atoms with Gasteiger partial charge in [0.15, 0.2) is 0 Å². The predicted molar refractivity (Wildman–Crippen MR) is 80.5 cm³/mol. The van der Waals surface area contributed by atoms with Crippen LogP contribution in [0, 0.1) is 0 Å². The van der Waals surface area contributed by atoms with Crippen molar-refractivity contribution in [3.8, 4) is 0 Å². The number of benzene rings is 1. The van der Waals surface area contributed by atoms with Gasteiger partial charge in [-0.05, 0) is 42.2 Å². The summed E-state index contributed by atoms with van der Waals surface area (Å²) in [5.74, 6) is 0. The molecular formula is C14H15Cl2N3. The van der Waals surface area contributed by atoms with Crippen LogP contribution in [0.1, 0.15) is 11.1 Å². The molecule has 1 heterocycles. The molecule has 0 spiro atoms. The molecule has 4 N–H and O–H groups in total. The molecule has 100 valence electrons. The fourth-order valence-electron chi connectivity index (χ4n) is 1.93. The monoisotopic (exact) mass is 295 g/mol. The lowest BCUT2D eigenvalue weighted by atomic mass is 10.00. The average molecular weight is 296 g/mol. The molecule has 0 saturated carbocycles. The molecule has 0 saturated heterocycles. The molecule has 1 aromatic carbocycles. The van der Waals surface area contributed by atoms with Gasteiger partial charge >= 0.3 is 0 Å². The molecule has 1 atom stereocenters. The second-order valence-electron chi connectivity index (χ2n) is 4.48. The van der Waals surface area contributed by atoms with E-state index in [1.165, 1.54) is 0 Å². The number of pyridine rings is 1. The lowest BCUT2D eigenvalue weighted by Gasteiger charge is -2.14. The minimum atomic E-state index is -0.0647. The van der Waals surface area contributed by atoms with Gasteiger partial charge in [0.25, 0.3) is 0 Å². The van der Waals surface area contributed by atoms with Gasteiger partial charge in [0, 0.05) is 34.2 Å². The Kier molecular flexibility index (Phi) is 4.64. The molecule has 3 nitrogen and oxygen atoms in total. The maximum Gasteiger partial charge on any atom is 0.0453 e. The van der Waals surface area contributed by atoms with Crippen LogP contribution in [0.3, 0.4) is 0 Å². The van der Waals surface area contributed by atoms with E-state index in [1.807, 2.05) is 12.1 Å². The van der Waals surface area contributed by atoms with Crippen LogP contribution in [0.5, 0.6) is 0 Å². The highest BCUT2D eigenvalue weighted by Crippen LogP contribution is 2.22. The Morgan fingerprint density at radius 2 is 1.84 bits per heavy atom. The summed E-state index contributed by atoms with van der Waals surface area (Å²) in [7, 11) is 0. The summed E-state index contributed by atoms with van der Waals surface area (Å²) < 4.78 is 0. The largest absolute Gasteiger partial charge is 0.398 e.